The van der Waals surface area contributed by atoms with Crippen molar-refractivity contribution in [2.45, 2.75) is 24.2 Å². The maximum atomic E-state index is 13.0. The van der Waals surface area contributed by atoms with E-state index in [1.165, 1.54) is 0 Å². The molecular formula is C24H32N2O5S. The van der Waals surface area contributed by atoms with E-state index in [0.717, 1.165) is 52.8 Å². The molecule has 2 aromatic rings. The molecule has 8 heteroatoms. The predicted molar refractivity (Wildman–Crippen MR) is 128 cm³/mol. The second kappa shape index (κ2) is 11.9. The number of anilines is 1. The summed E-state index contributed by atoms with van der Waals surface area (Å²) in [4.78, 5) is 16.0. The van der Waals surface area contributed by atoms with Crippen molar-refractivity contribution in [1.29, 1.82) is 0 Å². The van der Waals surface area contributed by atoms with Crippen LogP contribution in [0.1, 0.15) is 18.4 Å². The zero-order chi connectivity index (χ0) is 22.9. The van der Waals surface area contributed by atoms with Crippen LogP contribution in [0.25, 0.3) is 0 Å². The van der Waals surface area contributed by atoms with Crippen molar-refractivity contribution in [1.82, 2.24) is 5.32 Å². The molecule has 2 aromatic carbocycles. The van der Waals surface area contributed by atoms with Gasteiger partial charge in [0.15, 0.2) is 23.0 Å². The number of rotatable bonds is 10. The molecule has 0 saturated heterocycles. The van der Waals surface area contributed by atoms with Gasteiger partial charge in [-0.05, 0) is 48.9 Å². The SMILES string of the molecule is COc1ccc(CCNCCC(=O)N2CCCSc3cc(OC)c(OC)cc32)cc1OC. The molecule has 1 aliphatic rings. The molecule has 0 spiro atoms. The van der Waals surface area contributed by atoms with Gasteiger partial charge in [-0.15, -0.1) is 11.8 Å². The van der Waals surface area contributed by atoms with Crippen molar-refractivity contribution in [3.63, 3.8) is 0 Å². The minimum absolute atomic E-state index is 0.111. The number of thioether (sulfide) groups is 1. The fourth-order valence-corrected chi connectivity index (χ4v) is 4.69. The predicted octanol–water partition coefficient (Wildman–Crippen LogP) is 3.77. The lowest BCUT2D eigenvalue weighted by Crippen LogP contribution is -2.34. The number of carbonyl (C=O) groups excluding carboxylic acids is 1. The lowest BCUT2D eigenvalue weighted by molar-refractivity contribution is -0.118. The molecule has 32 heavy (non-hydrogen) atoms. The summed E-state index contributed by atoms with van der Waals surface area (Å²) in [5.41, 5.74) is 2.06. The Bertz CT molecular complexity index is 922. The molecule has 3 rings (SSSR count). The van der Waals surface area contributed by atoms with E-state index in [-0.39, 0.29) is 5.91 Å². The van der Waals surface area contributed by atoms with Crippen LogP contribution >= 0.6 is 11.8 Å². The van der Waals surface area contributed by atoms with Gasteiger partial charge < -0.3 is 29.2 Å². The highest BCUT2D eigenvalue weighted by Gasteiger charge is 2.23. The molecule has 1 N–H and O–H groups in total. The van der Waals surface area contributed by atoms with Crippen LogP contribution in [0.4, 0.5) is 5.69 Å². The Hall–Kier alpha value is -2.58. The maximum Gasteiger partial charge on any atom is 0.228 e. The minimum atomic E-state index is 0.111. The first-order chi connectivity index (χ1) is 15.6. The number of hydrogen-bond donors (Lipinski definition) is 1. The molecule has 0 fully saturated rings. The highest BCUT2D eigenvalue weighted by molar-refractivity contribution is 7.99. The third-order valence-corrected chi connectivity index (χ3v) is 6.53. The Labute approximate surface area is 194 Å². The van der Waals surface area contributed by atoms with E-state index in [1.54, 1.807) is 40.2 Å². The number of hydrogen-bond acceptors (Lipinski definition) is 7. The Kier molecular flexibility index (Phi) is 8.93. The first kappa shape index (κ1) is 24.1. The Morgan fingerprint density at radius 2 is 1.62 bits per heavy atom. The van der Waals surface area contributed by atoms with Crippen LogP contribution in [0.3, 0.4) is 0 Å². The van der Waals surface area contributed by atoms with Crippen molar-refractivity contribution >= 4 is 23.4 Å². The second-order valence-corrected chi connectivity index (χ2v) is 8.50. The van der Waals surface area contributed by atoms with Crippen LogP contribution in [0.15, 0.2) is 35.2 Å². The van der Waals surface area contributed by atoms with E-state index in [9.17, 15) is 4.79 Å². The number of nitrogens with zero attached hydrogens (tertiary/aromatic N) is 1. The molecule has 0 saturated carbocycles. The molecule has 174 valence electrons. The van der Waals surface area contributed by atoms with Crippen LogP contribution < -0.4 is 29.2 Å². The number of benzene rings is 2. The van der Waals surface area contributed by atoms with Crippen LogP contribution in [0.5, 0.6) is 23.0 Å². The van der Waals surface area contributed by atoms with Crippen molar-refractivity contribution < 1.29 is 23.7 Å². The molecule has 7 nitrogen and oxygen atoms in total. The fraction of sp³-hybridized carbons (Fsp3) is 0.458. The maximum absolute atomic E-state index is 13.0. The fourth-order valence-electron chi connectivity index (χ4n) is 3.68. The number of methoxy groups -OCH3 is 4. The first-order valence-corrected chi connectivity index (χ1v) is 11.7. The van der Waals surface area contributed by atoms with E-state index in [2.05, 4.69) is 5.32 Å². The average molecular weight is 461 g/mol. The summed E-state index contributed by atoms with van der Waals surface area (Å²) in [6.07, 6.45) is 2.22. The Morgan fingerprint density at radius 1 is 0.938 bits per heavy atom. The van der Waals surface area contributed by atoms with E-state index < -0.39 is 0 Å². The average Bonchev–Trinajstić information content (AvgIpc) is 3.04. The van der Waals surface area contributed by atoms with Gasteiger partial charge in [0.2, 0.25) is 5.91 Å². The van der Waals surface area contributed by atoms with Gasteiger partial charge in [0, 0.05) is 30.5 Å². The van der Waals surface area contributed by atoms with Crippen molar-refractivity contribution in [3.8, 4) is 23.0 Å². The van der Waals surface area contributed by atoms with Crippen LogP contribution in [-0.2, 0) is 11.2 Å². The van der Waals surface area contributed by atoms with Gasteiger partial charge in [0.1, 0.15) is 0 Å². The van der Waals surface area contributed by atoms with Gasteiger partial charge in [-0.3, -0.25) is 4.79 Å². The molecule has 0 radical (unpaired) electrons. The molecule has 1 heterocycles. The summed E-state index contributed by atoms with van der Waals surface area (Å²) in [5, 5.41) is 3.38. The van der Waals surface area contributed by atoms with Gasteiger partial charge in [-0.1, -0.05) is 6.07 Å². The molecule has 1 amide bonds. The lowest BCUT2D eigenvalue weighted by atomic mass is 10.1. The highest BCUT2D eigenvalue weighted by atomic mass is 32.2. The van der Waals surface area contributed by atoms with E-state index in [4.69, 9.17) is 18.9 Å². The van der Waals surface area contributed by atoms with Crippen LogP contribution in [0, 0.1) is 0 Å². The summed E-state index contributed by atoms with van der Waals surface area (Å²) in [7, 11) is 6.51. The Morgan fingerprint density at radius 3 is 2.34 bits per heavy atom. The molecule has 0 atom stereocenters. The summed E-state index contributed by atoms with van der Waals surface area (Å²) >= 11 is 1.75. The topological polar surface area (TPSA) is 69.3 Å². The lowest BCUT2D eigenvalue weighted by Gasteiger charge is -2.24. The minimum Gasteiger partial charge on any atom is -0.493 e. The summed E-state index contributed by atoms with van der Waals surface area (Å²) in [6, 6.07) is 9.80. The molecular weight excluding hydrogens is 428 g/mol. The molecule has 1 aliphatic heterocycles. The van der Waals surface area contributed by atoms with Gasteiger partial charge in [-0.2, -0.15) is 0 Å². The van der Waals surface area contributed by atoms with Crippen LogP contribution in [-0.4, -0.2) is 59.7 Å². The Balaban J connectivity index is 1.55. The second-order valence-electron chi connectivity index (χ2n) is 7.36. The zero-order valence-corrected chi connectivity index (χ0v) is 20.0. The standard InChI is InChI=1S/C24H32N2O5S/c1-28-19-7-6-17(14-20(19)29-2)8-10-25-11-9-24(27)26-12-5-13-32-23-16-22(31-4)21(30-3)15-18(23)26/h6-7,14-16,25H,5,8-13H2,1-4H3. The monoisotopic (exact) mass is 460 g/mol. The number of nitrogens with one attached hydrogen (secondary N) is 1. The van der Waals surface area contributed by atoms with Gasteiger partial charge in [0.05, 0.1) is 34.1 Å². The third kappa shape index (κ3) is 5.81. The molecule has 0 bridgehead atoms. The van der Waals surface area contributed by atoms with Crippen molar-refractivity contribution in [3.05, 3.63) is 35.9 Å². The molecule has 0 unspecified atom stereocenters. The third-order valence-electron chi connectivity index (χ3n) is 5.39. The van der Waals surface area contributed by atoms with Gasteiger partial charge in [-0.25, -0.2) is 0 Å². The molecule has 0 aromatic heterocycles. The highest BCUT2D eigenvalue weighted by Crippen LogP contribution is 2.42. The number of amides is 1. The van der Waals surface area contributed by atoms with Crippen molar-refractivity contribution in [2.75, 3.05) is 58.7 Å². The van der Waals surface area contributed by atoms with Gasteiger partial charge >= 0.3 is 0 Å². The largest absolute Gasteiger partial charge is 0.493 e. The quantitative estimate of drug-likeness (QED) is 0.541. The summed E-state index contributed by atoms with van der Waals surface area (Å²) in [6.45, 7) is 2.11. The molecule has 0 aliphatic carbocycles. The summed E-state index contributed by atoms with van der Waals surface area (Å²) in [5.74, 6) is 3.85. The van der Waals surface area contributed by atoms with E-state index in [1.807, 2.05) is 35.2 Å². The number of carbonyl (C=O) groups is 1. The zero-order valence-electron chi connectivity index (χ0n) is 19.2. The van der Waals surface area contributed by atoms with E-state index in [0.29, 0.717) is 31.0 Å². The van der Waals surface area contributed by atoms with Gasteiger partial charge in [0.25, 0.3) is 0 Å². The van der Waals surface area contributed by atoms with Crippen LogP contribution in [0.2, 0.25) is 0 Å². The van der Waals surface area contributed by atoms with E-state index >= 15 is 0 Å². The first-order valence-electron chi connectivity index (χ1n) is 10.7. The van der Waals surface area contributed by atoms with Crippen molar-refractivity contribution in [2.24, 2.45) is 0 Å². The number of fused-ring (bicyclic) bond motifs is 1. The normalized spacial score (nSPS) is 13.2. The smallest absolute Gasteiger partial charge is 0.228 e. The summed E-state index contributed by atoms with van der Waals surface area (Å²) < 4.78 is 21.5. The number of ether oxygens (including phenoxy) is 4.